The van der Waals surface area contributed by atoms with Gasteiger partial charge in [0.1, 0.15) is 6.04 Å². The summed E-state index contributed by atoms with van der Waals surface area (Å²) in [5.41, 5.74) is 4.61. The SMILES string of the molecule is CC(=O)N1CCc2ccccc2C1C(=O)N1CCN(c2ccc(C)cc2)CC1. The predicted molar refractivity (Wildman–Crippen MR) is 110 cm³/mol. The third-order valence-electron chi connectivity index (χ3n) is 5.91. The van der Waals surface area contributed by atoms with E-state index in [1.54, 1.807) is 11.8 Å². The number of hydrogen-bond acceptors (Lipinski definition) is 3. The van der Waals surface area contributed by atoms with Crippen molar-refractivity contribution in [2.24, 2.45) is 0 Å². The molecule has 0 bridgehead atoms. The van der Waals surface area contributed by atoms with Crippen LogP contribution < -0.4 is 4.90 Å². The van der Waals surface area contributed by atoms with Crippen molar-refractivity contribution in [1.29, 1.82) is 0 Å². The summed E-state index contributed by atoms with van der Waals surface area (Å²) in [5, 5.41) is 0. The van der Waals surface area contributed by atoms with Gasteiger partial charge in [0.25, 0.3) is 0 Å². The van der Waals surface area contributed by atoms with Crippen molar-refractivity contribution in [2.75, 3.05) is 37.6 Å². The average molecular weight is 377 g/mol. The molecule has 28 heavy (non-hydrogen) atoms. The van der Waals surface area contributed by atoms with Crippen molar-refractivity contribution in [2.45, 2.75) is 26.3 Å². The van der Waals surface area contributed by atoms with Gasteiger partial charge in [0.2, 0.25) is 11.8 Å². The summed E-state index contributed by atoms with van der Waals surface area (Å²) >= 11 is 0. The van der Waals surface area contributed by atoms with E-state index in [9.17, 15) is 9.59 Å². The van der Waals surface area contributed by atoms with E-state index in [1.807, 2.05) is 23.1 Å². The van der Waals surface area contributed by atoms with E-state index in [2.05, 4.69) is 42.2 Å². The van der Waals surface area contributed by atoms with Gasteiger partial charge in [-0.2, -0.15) is 0 Å². The molecule has 2 aliphatic rings. The zero-order chi connectivity index (χ0) is 19.7. The topological polar surface area (TPSA) is 43.9 Å². The molecular formula is C23H27N3O2. The average Bonchev–Trinajstić information content (AvgIpc) is 2.73. The van der Waals surface area contributed by atoms with E-state index in [-0.39, 0.29) is 11.8 Å². The molecule has 2 aromatic carbocycles. The lowest BCUT2D eigenvalue weighted by Crippen LogP contribution is -2.54. The van der Waals surface area contributed by atoms with Crippen LogP contribution in [0.5, 0.6) is 0 Å². The molecule has 5 heteroatoms. The second-order valence-electron chi connectivity index (χ2n) is 7.71. The quantitative estimate of drug-likeness (QED) is 0.808. The summed E-state index contributed by atoms with van der Waals surface area (Å²) < 4.78 is 0. The molecule has 0 radical (unpaired) electrons. The van der Waals surface area contributed by atoms with E-state index in [0.29, 0.717) is 19.6 Å². The first kappa shape index (κ1) is 18.5. The summed E-state index contributed by atoms with van der Waals surface area (Å²) in [5.74, 6) is 0.0112. The minimum atomic E-state index is -0.492. The van der Waals surface area contributed by atoms with Gasteiger partial charge in [-0.1, -0.05) is 42.0 Å². The Morgan fingerprint density at radius 1 is 0.893 bits per heavy atom. The maximum Gasteiger partial charge on any atom is 0.250 e. The minimum Gasteiger partial charge on any atom is -0.368 e. The molecular weight excluding hydrogens is 350 g/mol. The number of rotatable bonds is 2. The fourth-order valence-corrected chi connectivity index (χ4v) is 4.29. The Kier molecular flexibility index (Phi) is 5.07. The van der Waals surface area contributed by atoms with Crippen molar-refractivity contribution < 1.29 is 9.59 Å². The summed E-state index contributed by atoms with van der Waals surface area (Å²) in [7, 11) is 0. The number of carbonyl (C=O) groups excluding carboxylic acids is 2. The van der Waals surface area contributed by atoms with E-state index >= 15 is 0 Å². The van der Waals surface area contributed by atoms with Crippen LogP contribution in [0, 0.1) is 6.92 Å². The molecule has 1 atom stereocenters. The molecule has 0 N–H and O–H groups in total. The van der Waals surface area contributed by atoms with Gasteiger partial charge in [-0.25, -0.2) is 0 Å². The first-order valence-electron chi connectivity index (χ1n) is 10.00. The molecule has 5 nitrogen and oxygen atoms in total. The predicted octanol–water partition coefficient (Wildman–Crippen LogP) is 2.79. The van der Waals surface area contributed by atoms with Crippen LogP contribution in [-0.2, 0) is 16.0 Å². The van der Waals surface area contributed by atoms with Gasteiger partial charge in [0, 0.05) is 45.3 Å². The highest BCUT2D eigenvalue weighted by Crippen LogP contribution is 2.32. The minimum absolute atomic E-state index is 0.0360. The highest BCUT2D eigenvalue weighted by molar-refractivity contribution is 5.89. The standard InChI is InChI=1S/C23H27N3O2/c1-17-7-9-20(10-8-17)24-13-15-25(16-14-24)23(28)22-21-6-4-3-5-19(21)11-12-26(22)18(2)27/h3-10,22H,11-16H2,1-2H3. The second-order valence-corrected chi connectivity index (χ2v) is 7.71. The first-order chi connectivity index (χ1) is 13.5. The first-order valence-corrected chi connectivity index (χ1v) is 10.00. The van der Waals surface area contributed by atoms with Crippen molar-refractivity contribution in [3.63, 3.8) is 0 Å². The van der Waals surface area contributed by atoms with Crippen LogP contribution in [0.1, 0.15) is 29.7 Å². The van der Waals surface area contributed by atoms with Crippen molar-refractivity contribution in [1.82, 2.24) is 9.80 Å². The summed E-state index contributed by atoms with van der Waals surface area (Å²) in [6.45, 7) is 7.22. The zero-order valence-corrected chi connectivity index (χ0v) is 16.6. The maximum atomic E-state index is 13.4. The van der Waals surface area contributed by atoms with Gasteiger partial charge in [-0.3, -0.25) is 9.59 Å². The fourth-order valence-electron chi connectivity index (χ4n) is 4.29. The monoisotopic (exact) mass is 377 g/mol. The number of anilines is 1. The number of piperazine rings is 1. The van der Waals surface area contributed by atoms with Gasteiger partial charge in [-0.15, -0.1) is 0 Å². The van der Waals surface area contributed by atoms with Crippen LogP contribution in [-0.4, -0.2) is 54.3 Å². The second kappa shape index (κ2) is 7.66. The zero-order valence-electron chi connectivity index (χ0n) is 16.6. The van der Waals surface area contributed by atoms with Gasteiger partial charge >= 0.3 is 0 Å². The molecule has 1 saturated heterocycles. The maximum absolute atomic E-state index is 13.4. The third kappa shape index (κ3) is 3.49. The lowest BCUT2D eigenvalue weighted by atomic mass is 9.91. The van der Waals surface area contributed by atoms with Gasteiger partial charge in [0.15, 0.2) is 0 Å². The fraction of sp³-hybridized carbons (Fsp3) is 0.391. The number of nitrogens with zero attached hydrogens (tertiary/aromatic N) is 3. The molecule has 4 rings (SSSR count). The van der Waals surface area contributed by atoms with Crippen LogP contribution in [0.4, 0.5) is 5.69 Å². The lowest BCUT2D eigenvalue weighted by Gasteiger charge is -2.41. The molecule has 2 aliphatic heterocycles. The number of amides is 2. The normalized spacial score (nSPS) is 19.4. The third-order valence-corrected chi connectivity index (χ3v) is 5.91. The largest absolute Gasteiger partial charge is 0.368 e. The molecule has 2 amide bonds. The highest BCUT2D eigenvalue weighted by atomic mass is 16.2. The Morgan fingerprint density at radius 2 is 1.57 bits per heavy atom. The summed E-state index contributed by atoms with van der Waals surface area (Å²) in [6.07, 6.45) is 0.806. The number of carbonyl (C=O) groups is 2. The Hall–Kier alpha value is -2.82. The molecule has 0 aromatic heterocycles. The number of hydrogen-bond donors (Lipinski definition) is 0. The van der Waals surface area contributed by atoms with Crippen molar-refractivity contribution in [3.05, 3.63) is 65.2 Å². The van der Waals surface area contributed by atoms with E-state index < -0.39 is 6.04 Å². The molecule has 2 heterocycles. The van der Waals surface area contributed by atoms with Gasteiger partial charge in [-0.05, 0) is 36.6 Å². The molecule has 146 valence electrons. The van der Waals surface area contributed by atoms with E-state index in [0.717, 1.165) is 25.1 Å². The Labute approximate surface area is 166 Å². The smallest absolute Gasteiger partial charge is 0.250 e. The summed E-state index contributed by atoms with van der Waals surface area (Å²) in [6, 6.07) is 16.1. The van der Waals surface area contributed by atoms with Crippen LogP contribution in [0.25, 0.3) is 0 Å². The van der Waals surface area contributed by atoms with Crippen LogP contribution in [0.2, 0.25) is 0 Å². The summed E-state index contributed by atoms with van der Waals surface area (Å²) in [4.78, 5) is 31.6. The molecule has 2 aromatic rings. The van der Waals surface area contributed by atoms with Crippen molar-refractivity contribution >= 4 is 17.5 Å². The number of benzene rings is 2. The van der Waals surface area contributed by atoms with E-state index in [4.69, 9.17) is 0 Å². The van der Waals surface area contributed by atoms with Crippen LogP contribution >= 0.6 is 0 Å². The Bertz CT molecular complexity index is 870. The molecule has 0 saturated carbocycles. The lowest BCUT2D eigenvalue weighted by molar-refractivity contribution is -0.146. The Morgan fingerprint density at radius 3 is 2.25 bits per heavy atom. The molecule has 0 spiro atoms. The molecule has 1 fully saturated rings. The van der Waals surface area contributed by atoms with Crippen LogP contribution in [0.3, 0.4) is 0 Å². The number of fused-ring (bicyclic) bond motifs is 1. The molecule has 1 unspecified atom stereocenters. The molecule has 0 aliphatic carbocycles. The number of aryl methyl sites for hydroxylation is 1. The highest BCUT2D eigenvalue weighted by Gasteiger charge is 2.37. The van der Waals surface area contributed by atoms with Gasteiger partial charge < -0.3 is 14.7 Å². The van der Waals surface area contributed by atoms with Crippen LogP contribution in [0.15, 0.2) is 48.5 Å². The van der Waals surface area contributed by atoms with Crippen molar-refractivity contribution in [3.8, 4) is 0 Å². The van der Waals surface area contributed by atoms with Gasteiger partial charge in [0.05, 0.1) is 0 Å². The van der Waals surface area contributed by atoms with E-state index in [1.165, 1.54) is 16.8 Å². The Balaban J connectivity index is 1.51.